The summed E-state index contributed by atoms with van der Waals surface area (Å²) >= 11 is 0. The van der Waals surface area contributed by atoms with Crippen molar-refractivity contribution in [3.05, 3.63) is 0 Å². The van der Waals surface area contributed by atoms with Crippen LogP contribution in [-0.4, -0.2) is 50.7 Å². The molecule has 0 aromatic rings. The Balaban J connectivity index is -0.000000439. The van der Waals surface area contributed by atoms with Crippen LogP contribution < -0.4 is 0 Å². The third-order valence-corrected chi connectivity index (χ3v) is 1.21. The van der Waals surface area contributed by atoms with Crippen molar-refractivity contribution in [2.24, 2.45) is 0 Å². The lowest BCUT2D eigenvalue weighted by molar-refractivity contribution is -0.167. The van der Waals surface area contributed by atoms with Gasteiger partial charge in [0.05, 0.1) is 6.61 Å². The number of carbonyl (C=O) groups is 2. The largest absolute Gasteiger partial charge is 0.458 e. The summed E-state index contributed by atoms with van der Waals surface area (Å²) in [4.78, 5) is 23.4. The van der Waals surface area contributed by atoms with Gasteiger partial charge in [-0.05, 0) is 21.0 Å². The lowest BCUT2D eigenvalue weighted by Gasteiger charge is -2.08. The van der Waals surface area contributed by atoms with E-state index in [1.807, 2.05) is 46.7 Å². The van der Waals surface area contributed by atoms with Crippen molar-refractivity contribution >= 4 is 11.9 Å². The zero-order chi connectivity index (χ0) is 14.3. The van der Waals surface area contributed by atoms with Gasteiger partial charge < -0.3 is 14.4 Å². The molecular weight excluding hydrogens is 222 g/mol. The topological polar surface area (TPSA) is 55.8 Å². The zero-order valence-electron chi connectivity index (χ0n) is 12.2. The Kier molecular flexibility index (Phi) is 21.6. The number of rotatable bonds is 4. The molecular formula is C12H27NO4. The minimum Gasteiger partial charge on any atom is -0.458 e. The van der Waals surface area contributed by atoms with Gasteiger partial charge in [0.15, 0.2) is 0 Å². The Hall–Kier alpha value is -1.10. The third-order valence-electron chi connectivity index (χ3n) is 1.21. The Morgan fingerprint density at radius 3 is 1.71 bits per heavy atom. The number of likely N-dealkylation sites (N-methyl/N-ethyl adjacent to an activating group) is 1. The lowest BCUT2D eigenvalue weighted by Crippen LogP contribution is -2.25. The molecule has 0 saturated carbocycles. The molecule has 104 valence electrons. The second-order valence-electron chi connectivity index (χ2n) is 2.66. The molecule has 0 radical (unpaired) electrons. The van der Waals surface area contributed by atoms with Crippen LogP contribution in [0, 0.1) is 0 Å². The molecule has 0 atom stereocenters. The fourth-order valence-electron chi connectivity index (χ4n) is 0.570. The first-order chi connectivity index (χ1) is 8.07. The maximum Gasteiger partial charge on any atom is 0.417 e. The lowest BCUT2D eigenvalue weighted by atomic mass is 10.6. The van der Waals surface area contributed by atoms with Crippen molar-refractivity contribution in [1.29, 1.82) is 0 Å². The smallest absolute Gasteiger partial charge is 0.417 e. The standard InChI is InChI=1S/C8H15NO4.2C2H6/c1-4-12-7(10)8(11)13-6-5-9(2)3;2*1-2/h4-6H2,1-3H3;2*1-2H3. The summed E-state index contributed by atoms with van der Waals surface area (Å²) in [6.45, 7) is 10.6. The van der Waals surface area contributed by atoms with E-state index < -0.39 is 11.9 Å². The fraction of sp³-hybridized carbons (Fsp3) is 0.833. The van der Waals surface area contributed by atoms with Crippen LogP contribution in [0.1, 0.15) is 34.6 Å². The Labute approximate surface area is 105 Å². The molecule has 17 heavy (non-hydrogen) atoms. The van der Waals surface area contributed by atoms with Gasteiger partial charge in [0.1, 0.15) is 6.61 Å². The van der Waals surface area contributed by atoms with Crippen LogP contribution in [0.2, 0.25) is 0 Å². The maximum absolute atomic E-state index is 10.8. The summed E-state index contributed by atoms with van der Waals surface area (Å²) in [5.41, 5.74) is 0. The van der Waals surface area contributed by atoms with Crippen LogP contribution in [0.15, 0.2) is 0 Å². The zero-order valence-corrected chi connectivity index (χ0v) is 12.2. The van der Waals surface area contributed by atoms with E-state index in [2.05, 4.69) is 9.47 Å². The minimum absolute atomic E-state index is 0.182. The molecule has 0 N–H and O–H groups in total. The van der Waals surface area contributed by atoms with Gasteiger partial charge in [0.2, 0.25) is 0 Å². The molecule has 0 aromatic carbocycles. The first kappa shape index (κ1) is 21.2. The van der Waals surface area contributed by atoms with Crippen LogP contribution in [-0.2, 0) is 19.1 Å². The summed E-state index contributed by atoms with van der Waals surface area (Å²) in [6.07, 6.45) is 0. The Morgan fingerprint density at radius 1 is 0.941 bits per heavy atom. The second kappa shape index (κ2) is 17.3. The van der Waals surface area contributed by atoms with Crippen molar-refractivity contribution in [3.8, 4) is 0 Å². The summed E-state index contributed by atoms with van der Waals surface area (Å²) in [5, 5.41) is 0. The van der Waals surface area contributed by atoms with Gasteiger partial charge in [-0.3, -0.25) is 0 Å². The number of nitrogens with zero attached hydrogens (tertiary/aromatic N) is 1. The summed E-state index contributed by atoms with van der Waals surface area (Å²) in [6, 6.07) is 0. The molecule has 0 amide bonds. The molecule has 0 bridgehead atoms. The predicted octanol–water partition coefficient (Wildman–Crippen LogP) is 1.71. The van der Waals surface area contributed by atoms with Gasteiger partial charge in [-0.15, -0.1) is 0 Å². The average Bonchev–Trinajstić information content (AvgIpc) is 2.34. The Morgan fingerprint density at radius 2 is 1.35 bits per heavy atom. The number of hydrogen-bond donors (Lipinski definition) is 0. The highest BCUT2D eigenvalue weighted by molar-refractivity contribution is 6.29. The van der Waals surface area contributed by atoms with Crippen LogP contribution >= 0.6 is 0 Å². The van der Waals surface area contributed by atoms with Gasteiger partial charge in [0.25, 0.3) is 0 Å². The highest BCUT2D eigenvalue weighted by atomic mass is 16.6. The molecule has 0 spiro atoms. The minimum atomic E-state index is -0.929. The molecule has 0 fully saturated rings. The molecule has 0 aromatic heterocycles. The normalized spacial score (nSPS) is 8.24. The van der Waals surface area contributed by atoms with Crippen molar-refractivity contribution in [1.82, 2.24) is 4.90 Å². The molecule has 0 aliphatic heterocycles. The van der Waals surface area contributed by atoms with E-state index in [0.29, 0.717) is 6.54 Å². The first-order valence-corrected chi connectivity index (χ1v) is 6.06. The number of hydrogen-bond acceptors (Lipinski definition) is 5. The highest BCUT2D eigenvalue weighted by Crippen LogP contribution is 1.85. The average molecular weight is 249 g/mol. The molecule has 0 rings (SSSR count). The van der Waals surface area contributed by atoms with Gasteiger partial charge in [-0.1, -0.05) is 27.7 Å². The van der Waals surface area contributed by atoms with E-state index in [9.17, 15) is 9.59 Å². The van der Waals surface area contributed by atoms with E-state index in [4.69, 9.17) is 0 Å². The molecule has 0 unspecified atom stereocenters. The molecule has 0 saturated heterocycles. The summed E-state index contributed by atoms with van der Waals surface area (Å²) < 4.78 is 9.05. The predicted molar refractivity (Wildman–Crippen MR) is 68.8 cm³/mol. The van der Waals surface area contributed by atoms with Gasteiger partial charge in [-0.25, -0.2) is 9.59 Å². The second-order valence-corrected chi connectivity index (χ2v) is 2.66. The van der Waals surface area contributed by atoms with E-state index >= 15 is 0 Å². The fourth-order valence-corrected chi connectivity index (χ4v) is 0.570. The van der Waals surface area contributed by atoms with Crippen LogP contribution in [0.4, 0.5) is 0 Å². The van der Waals surface area contributed by atoms with Crippen molar-refractivity contribution in [2.75, 3.05) is 33.9 Å². The highest BCUT2D eigenvalue weighted by Gasteiger charge is 2.15. The van der Waals surface area contributed by atoms with Crippen LogP contribution in [0.5, 0.6) is 0 Å². The van der Waals surface area contributed by atoms with Gasteiger partial charge >= 0.3 is 11.9 Å². The summed E-state index contributed by atoms with van der Waals surface area (Å²) in [7, 11) is 3.69. The van der Waals surface area contributed by atoms with E-state index in [1.165, 1.54) is 0 Å². The van der Waals surface area contributed by atoms with E-state index in [-0.39, 0.29) is 13.2 Å². The number of carbonyl (C=O) groups excluding carboxylic acids is 2. The summed E-state index contributed by atoms with van der Waals surface area (Å²) in [5.74, 6) is -1.86. The van der Waals surface area contributed by atoms with Crippen molar-refractivity contribution < 1.29 is 19.1 Å². The first-order valence-electron chi connectivity index (χ1n) is 6.06. The number of esters is 2. The van der Waals surface area contributed by atoms with E-state index in [1.54, 1.807) is 6.92 Å². The molecule has 0 aliphatic carbocycles. The quantitative estimate of drug-likeness (QED) is 0.561. The monoisotopic (exact) mass is 249 g/mol. The van der Waals surface area contributed by atoms with Crippen LogP contribution in [0.3, 0.4) is 0 Å². The van der Waals surface area contributed by atoms with E-state index in [0.717, 1.165) is 0 Å². The number of ether oxygens (including phenoxy) is 2. The third kappa shape index (κ3) is 17.5. The molecule has 0 aliphatic rings. The molecule has 0 heterocycles. The van der Waals surface area contributed by atoms with Crippen molar-refractivity contribution in [3.63, 3.8) is 0 Å². The van der Waals surface area contributed by atoms with Crippen LogP contribution in [0.25, 0.3) is 0 Å². The molecule has 5 nitrogen and oxygen atoms in total. The maximum atomic E-state index is 10.8. The Bertz CT molecular complexity index is 181. The van der Waals surface area contributed by atoms with Gasteiger partial charge in [0, 0.05) is 6.54 Å². The van der Waals surface area contributed by atoms with Crippen molar-refractivity contribution in [2.45, 2.75) is 34.6 Å². The SMILES string of the molecule is CC.CC.CCOC(=O)C(=O)OCCN(C)C. The van der Waals surface area contributed by atoms with Gasteiger partial charge in [-0.2, -0.15) is 0 Å². The molecule has 5 heteroatoms.